The summed E-state index contributed by atoms with van der Waals surface area (Å²) < 4.78 is 0. The Labute approximate surface area is 127 Å². The van der Waals surface area contributed by atoms with Gasteiger partial charge in [0, 0.05) is 11.4 Å². The number of nitrogens with two attached hydrogens (primary N) is 1. The minimum absolute atomic E-state index is 0.0262. The zero-order valence-corrected chi connectivity index (χ0v) is 13.4. The maximum Gasteiger partial charge on any atom is 0.241 e. The van der Waals surface area contributed by atoms with Crippen LogP contribution in [0.15, 0.2) is 12.1 Å². The van der Waals surface area contributed by atoms with E-state index in [0.29, 0.717) is 0 Å². The minimum atomic E-state index is -0.0262. The molecule has 1 atom stereocenters. The van der Waals surface area contributed by atoms with Gasteiger partial charge in [0.2, 0.25) is 5.91 Å². The van der Waals surface area contributed by atoms with E-state index in [-0.39, 0.29) is 11.9 Å². The molecule has 4 nitrogen and oxygen atoms in total. The number of piperidine rings is 1. The fraction of sp³-hybridized carbons (Fsp3) is 0.588. The summed E-state index contributed by atoms with van der Waals surface area (Å²) in [6, 6.07) is 3.79. The number of hydrogen-bond acceptors (Lipinski definition) is 3. The first-order valence-corrected chi connectivity index (χ1v) is 7.94. The maximum absolute atomic E-state index is 12.6. The first-order valence-electron chi connectivity index (χ1n) is 7.94. The van der Waals surface area contributed by atoms with Gasteiger partial charge in [-0.15, -0.1) is 0 Å². The molecule has 0 saturated carbocycles. The van der Waals surface area contributed by atoms with Crippen LogP contribution in [0.2, 0.25) is 0 Å². The number of rotatable bonds is 4. The molecule has 0 bridgehead atoms. The highest BCUT2D eigenvalue weighted by molar-refractivity contribution is 5.96. The van der Waals surface area contributed by atoms with Crippen molar-refractivity contribution in [2.75, 3.05) is 24.1 Å². The Morgan fingerprint density at radius 3 is 2.33 bits per heavy atom. The Morgan fingerprint density at radius 2 is 1.81 bits per heavy atom. The van der Waals surface area contributed by atoms with Crippen LogP contribution in [0.1, 0.15) is 43.7 Å². The highest BCUT2D eigenvalue weighted by Crippen LogP contribution is 2.24. The van der Waals surface area contributed by atoms with Gasteiger partial charge in [0.05, 0.1) is 6.04 Å². The molecule has 1 heterocycles. The van der Waals surface area contributed by atoms with E-state index in [1.165, 1.54) is 19.3 Å². The third-order valence-corrected chi connectivity index (χ3v) is 4.32. The lowest BCUT2D eigenvalue weighted by molar-refractivity contribution is -0.121. The first kappa shape index (κ1) is 15.8. The summed E-state index contributed by atoms with van der Waals surface area (Å²) in [6.45, 7) is 8.13. The average molecular weight is 289 g/mol. The number of anilines is 2. The molecule has 1 amide bonds. The summed E-state index contributed by atoms with van der Waals surface area (Å²) in [5.41, 5.74) is 9.54. The number of benzene rings is 1. The van der Waals surface area contributed by atoms with Crippen molar-refractivity contribution >= 4 is 17.3 Å². The molecule has 21 heavy (non-hydrogen) atoms. The number of amides is 1. The SMILES string of the molecule is CCC(C(=O)Nc1c(C)cc(N)cc1C)N1CCCCC1. The fourth-order valence-electron chi connectivity index (χ4n) is 3.24. The molecule has 1 aromatic rings. The van der Waals surface area contributed by atoms with Crippen molar-refractivity contribution in [3.8, 4) is 0 Å². The predicted octanol–water partition coefficient (Wildman–Crippen LogP) is 3.09. The summed E-state index contributed by atoms with van der Waals surface area (Å²) in [5, 5.41) is 3.12. The molecule has 1 unspecified atom stereocenters. The molecule has 4 heteroatoms. The van der Waals surface area contributed by atoms with E-state index in [0.717, 1.165) is 42.0 Å². The van der Waals surface area contributed by atoms with Crippen molar-refractivity contribution < 1.29 is 4.79 Å². The van der Waals surface area contributed by atoms with E-state index in [4.69, 9.17) is 5.73 Å². The van der Waals surface area contributed by atoms with E-state index in [9.17, 15) is 4.79 Å². The van der Waals surface area contributed by atoms with Gasteiger partial charge >= 0.3 is 0 Å². The topological polar surface area (TPSA) is 58.4 Å². The quantitative estimate of drug-likeness (QED) is 0.837. The highest BCUT2D eigenvalue weighted by Gasteiger charge is 2.26. The first-order chi connectivity index (χ1) is 10.0. The second-order valence-electron chi connectivity index (χ2n) is 6.04. The Hall–Kier alpha value is -1.55. The number of likely N-dealkylation sites (tertiary alicyclic amines) is 1. The standard InChI is InChI=1S/C17H27N3O/c1-4-15(20-8-6-5-7-9-20)17(21)19-16-12(2)10-14(18)11-13(16)3/h10-11,15H,4-9,18H2,1-3H3,(H,19,21). The lowest BCUT2D eigenvalue weighted by atomic mass is 10.0. The summed E-state index contributed by atoms with van der Waals surface area (Å²) >= 11 is 0. The summed E-state index contributed by atoms with van der Waals surface area (Å²) in [5.74, 6) is 0.107. The molecule has 0 aliphatic carbocycles. The van der Waals surface area contributed by atoms with Crippen LogP contribution >= 0.6 is 0 Å². The summed E-state index contributed by atoms with van der Waals surface area (Å²) in [6.07, 6.45) is 4.52. The zero-order valence-electron chi connectivity index (χ0n) is 13.4. The van der Waals surface area contributed by atoms with Gasteiger partial charge in [0.1, 0.15) is 0 Å². The number of nitrogens with one attached hydrogen (secondary N) is 1. The monoisotopic (exact) mass is 289 g/mol. The molecule has 2 rings (SSSR count). The van der Waals surface area contributed by atoms with Gasteiger partial charge in [-0.1, -0.05) is 13.3 Å². The molecule has 0 spiro atoms. The van der Waals surface area contributed by atoms with Crippen molar-refractivity contribution in [1.82, 2.24) is 4.90 Å². The van der Waals surface area contributed by atoms with Crippen LogP contribution in [-0.4, -0.2) is 29.9 Å². The molecule has 1 fully saturated rings. The number of aryl methyl sites for hydroxylation is 2. The lowest BCUT2D eigenvalue weighted by Gasteiger charge is -2.33. The smallest absolute Gasteiger partial charge is 0.241 e. The van der Waals surface area contributed by atoms with Crippen LogP contribution < -0.4 is 11.1 Å². The van der Waals surface area contributed by atoms with Gasteiger partial charge < -0.3 is 11.1 Å². The normalized spacial score (nSPS) is 17.5. The number of nitrogen functional groups attached to an aromatic ring is 1. The van der Waals surface area contributed by atoms with Gasteiger partial charge in [-0.05, 0) is 69.5 Å². The van der Waals surface area contributed by atoms with Gasteiger partial charge in [-0.25, -0.2) is 0 Å². The molecule has 116 valence electrons. The Balaban J connectivity index is 2.12. The molecule has 1 aliphatic rings. The Bertz CT molecular complexity index is 484. The molecule has 1 aliphatic heterocycles. The molecular weight excluding hydrogens is 262 g/mol. The molecule has 1 aromatic carbocycles. The van der Waals surface area contributed by atoms with E-state index in [1.807, 2.05) is 26.0 Å². The van der Waals surface area contributed by atoms with Gasteiger partial charge in [0.25, 0.3) is 0 Å². The zero-order chi connectivity index (χ0) is 15.4. The summed E-state index contributed by atoms with van der Waals surface area (Å²) in [4.78, 5) is 15.0. The van der Waals surface area contributed by atoms with Gasteiger partial charge in [-0.3, -0.25) is 9.69 Å². The highest BCUT2D eigenvalue weighted by atomic mass is 16.2. The van der Waals surface area contributed by atoms with Crippen molar-refractivity contribution in [3.63, 3.8) is 0 Å². The minimum Gasteiger partial charge on any atom is -0.399 e. The Morgan fingerprint density at radius 1 is 1.24 bits per heavy atom. The van der Waals surface area contributed by atoms with E-state index in [1.54, 1.807) is 0 Å². The van der Waals surface area contributed by atoms with Crippen LogP contribution in [0.5, 0.6) is 0 Å². The number of nitrogens with zero attached hydrogens (tertiary/aromatic N) is 1. The average Bonchev–Trinajstić information content (AvgIpc) is 2.45. The molecule has 0 radical (unpaired) electrons. The van der Waals surface area contributed by atoms with E-state index in [2.05, 4.69) is 17.1 Å². The molecule has 0 aromatic heterocycles. The third-order valence-electron chi connectivity index (χ3n) is 4.32. The van der Waals surface area contributed by atoms with Crippen LogP contribution in [0, 0.1) is 13.8 Å². The predicted molar refractivity (Wildman–Crippen MR) is 88.5 cm³/mol. The lowest BCUT2D eigenvalue weighted by Crippen LogP contribution is -2.46. The van der Waals surface area contributed by atoms with Gasteiger partial charge in [-0.2, -0.15) is 0 Å². The second kappa shape index (κ2) is 6.94. The number of hydrogen-bond donors (Lipinski definition) is 2. The molecule has 3 N–H and O–H groups in total. The van der Waals surface area contributed by atoms with Crippen LogP contribution in [0.4, 0.5) is 11.4 Å². The number of carbonyl (C=O) groups excluding carboxylic acids is 1. The fourth-order valence-corrected chi connectivity index (χ4v) is 3.24. The van der Waals surface area contributed by atoms with Crippen molar-refractivity contribution in [3.05, 3.63) is 23.3 Å². The Kier molecular flexibility index (Phi) is 5.23. The summed E-state index contributed by atoms with van der Waals surface area (Å²) in [7, 11) is 0. The maximum atomic E-state index is 12.6. The van der Waals surface area contributed by atoms with E-state index >= 15 is 0 Å². The van der Waals surface area contributed by atoms with Crippen molar-refractivity contribution in [2.24, 2.45) is 0 Å². The van der Waals surface area contributed by atoms with Crippen LogP contribution in [0.3, 0.4) is 0 Å². The van der Waals surface area contributed by atoms with Crippen LogP contribution in [0.25, 0.3) is 0 Å². The van der Waals surface area contributed by atoms with Gasteiger partial charge in [0.15, 0.2) is 0 Å². The van der Waals surface area contributed by atoms with E-state index < -0.39 is 0 Å². The van der Waals surface area contributed by atoms with Crippen molar-refractivity contribution in [1.29, 1.82) is 0 Å². The molecule has 1 saturated heterocycles. The van der Waals surface area contributed by atoms with Crippen LogP contribution in [-0.2, 0) is 4.79 Å². The second-order valence-corrected chi connectivity index (χ2v) is 6.04. The van der Waals surface area contributed by atoms with Crippen molar-refractivity contribution in [2.45, 2.75) is 52.5 Å². The largest absolute Gasteiger partial charge is 0.399 e. The third kappa shape index (κ3) is 3.76. The number of carbonyl (C=O) groups is 1. The molecular formula is C17H27N3O.